The monoisotopic (exact) mass is 380 g/mol. The van der Waals surface area contributed by atoms with Crippen LogP contribution in [0.15, 0.2) is 42.5 Å². The molecule has 0 unspecified atom stereocenters. The Morgan fingerprint density at radius 3 is 2.52 bits per heavy atom. The molecule has 1 aliphatic carbocycles. The van der Waals surface area contributed by atoms with E-state index in [1.165, 1.54) is 12.1 Å². The highest BCUT2D eigenvalue weighted by Crippen LogP contribution is 2.31. The van der Waals surface area contributed by atoms with Crippen molar-refractivity contribution in [3.8, 4) is 0 Å². The molecule has 0 bridgehead atoms. The second-order valence-electron chi connectivity index (χ2n) is 6.32. The maximum atomic E-state index is 13.1. The minimum Gasteiger partial charge on any atom is -0.323 e. The first-order valence-corrected chi connectivity index (χ1v) is 8.96. The van der Waals surface area contributed by atoms with Crippen LogP contribution in [0.3, 0.4) is 0 Å². The van der Waals surface area contributed by atoms with Crippen LogP contribution in [-0.2, 0) is 11.3 Å². The Balaban J connectivity index is 1.70. The van der Waals surface area contributed by atoms with Crippen molar-refractivity contribution >= 4 is 34.8 Å². The number of hydrogen-bond acceptors (Lipinski definition) is 2. The number of hydrogen-bond donors (Lipinski definition) is 1. The van der Waals surface area contributed by atoms with Crippen LogP contribution in [0.5, 0.6) is 0 Å². The molecule has 1 fully saturated rings. The summed E-state index contributed by atoms with van der Waals surface area (Å²) >= 11 is 12.0. The van der Waals surface area contributed by atoms with Crippen molar-refractivity contribution in [2.24, 2.45) is 0 Å². The van der Waals surface area contributed by atoms with Gasteiger partial charge >= 0.3 is 0 Å². The minimum absolute atomic E-state index is 0.127. The van der Waals surface area contributed by atoms with Crippen molar-refractivity contribution in [3.05, 3.63) is 63.9 Å². The third-order valence-electron chi connectivity index (χ3n) is 4.36. The zero-order chi connectivity index (χ0) is 18.0. The van der Waals surface area contributed by atoms with E-state index in [1.807, 2.05) is 6.92 Å². The summed E-state index contributed by atoms with van der Waals surface area (Å²) in [5.41, 5.74) is 1.53. The highest BCUT2D eigenvalue weighted by atomic mass is 35.5. The Bertz CT molecular complexity index is 763. The summed E-state index contributed by atoms with van der Waals surface area (Å²) in [5, 5.41) is 3.79. The first-order valence-electron chi connectivity index (χ1n) is 8.20. The fraction of sp³-hybridized carbons (Fsp3) is 0.316. The fourth-order valence-corrected chi connectivity index (χ4v) is 3.22. The molecular weight excluding hydrogens is 362 g/mol. The molecule has 0 aliphatic heterocycles. The lowest BCUT2D eigenvalue weighted by Crippen LogP contribution is -2.43. The summed E-state index contributed by atoms with van der Waals surface area (Å²) in [4.78, 5) is 14.8. The summed E-state index contributed by atoms with van der Waals surface area (Å²) in [5.74, 6) is -0.386. The standard InChI is InChI=1S/C19H19Cl2FN2O/c1-12(19(25)23-18-9-4-14(20)10-17(18)21)24(16-7-8-16)11-13-2-5-15(22)6-3-13/h2-6,9-10,12,16H,7-8,11H2,1H3,(H,23,25)/t12-/m0/s1. The quantitative estimate of drug-likeness (QED) is 0.753. The van der Waals surface area contributed by atoms with Crippen LogP contribution in [0.25, 0.3) is 0 Å². The first kappa shape index (κ1) is 18.2. The Morgan fingerprint density at radius 2 is 1.92 bits per heavy atom. The highest BCUT2D eigenvalue weighted by Gasteiger charge is 2.35. The van der Waals surface area contributed by atoms with E-state index in [-0.39, 0.29) is 17.8 Å². The number of halogens is 3. The number of nitrogens with one attached hydrogen (secondary N) is 1. The lowest BCUT2D eigenvalue weighted by molar-refractivity contribution is -0.121. The molecule has 0 spiro atoms. The fourth-order valence-electron chi connectivity index (χ4n) is 2.77. The average molecular weight is 381 g/mol. The predicted molar refractivity (Wildman–Crippen MR) is 99.5 cm³/mol. The average Bonchev–Trinajstić information content (AvgIpc) is 3.41. The van der Waals surface area contributed by atoms with Crippen LogP contribution < -0.4 is 5.32 Å². The summed E-state index contributed by atoms with van der Waals surface area (Å²) in [6.07, 6.45) is 2.14. The Labute approximate surface area is 156 Å². The van der Waals surface area contributed by atoms with Crippen molar-refractivity contribution in [2.75, 3.05) is 5.32 Å². The number of anilines is 1. The van der Waals surface area contributed by atoms with Gasteiger partial charge in [0.05, 0.1) is 16.8 Å². The van der Waals surface area contributed by atoms with Crippen LogP contribution >= 0.6 is 23.2 Å². The van der Waals surface area contributed by atoms with Crippen molar-refractivity contribution < 1.29 is 9.18 Å². The highest BCUT2D eigenvalue weighted by molar-refractivity contribution is 6.36. The van der Waals surface area contributed by atoms with E-state index >= 15 is 0 Å². The van der Waals surface area contributed by atoms with Gasteiger partial charge in [-0.2, -0.15) is 0 Å². The molecule has 6 heteroatoms. The van der Waals surface area contributed by atoms with Crippen molar-refractivity contribution in [1.82, 2.24) is 4.90 Å². The molecule has 2 aromatic carbocycles. The number of carbonyl (C=O) groups is 1. The molecule has 0 radical (unpaired) electrons. The van der Waals surface area contributed by atoms with Crippen LogP contribution in [-0.4, -0.2) is 22.9 Å². The molecule has 3 rings (SSSR count). The Hall–Kier alpha value is -1.62. The number of nitrogens with zero attached hydrogens (tertiary/aromatic N) is 1. The van der Waals surface area contributed by atoms with Crippen LogP contribution in [0.2, 0.25) is 10.0 Å². The van der Waals surface area contributed by atoms with Gasteiger partial charge in [-0.25, -0.2) is 4.39 Å². The summed E-state index contributed by atoms with van der Waals surface area (Å²) in [7, 11) is 0. The van der Waals surface area contributed by atoms with Crippen LogP contribution in [0.4, 0.5) is 10.1 Å². The largest absolute Gasteiger partial charge is 0.323 e. The molecule has 1 N–H and O–H groups in total. The smallest absolute Gasteiger partial charge is 0.241 e. The van der Waals surface area contributed by atoms with E-state index in [0.29, 0.717) is 28.3 Å². The van der Waals surface area contributed by atoms with E-state index in [4.69, 9.17) is 23.2 Å². The van der Waals surface area contributed by atoms with Crippen molar-refractivity contribution in [2.45, 2.75) is 38.4 Å². The third-order valence-corrected chi connectivity index (χ3v) is 4.91. The van der Waals surface area contributed by atoms with Crippen LogP contribution in [0.1, 0.15) is 25.3 Å². The normalized spacial score (nSPS) is 15.2. The lowest BCUT2D eigenvalue weighted by Gasteiger charge is -2.28. The molecule has 1 saturated carbocycles. The number of carbonyl (C=O) groups excluding carboxylic acids is 1. The SMILES string of the molecule is C[C@@H](C(=O)Nc1ccc(Cl)cc1Cl)N(Cc1ccc(F)cc1)C1CC1. The maximum Gasteiger partial charge on any atom is 0.241 e. The van der Waals surface area contributed by atoms with Gasteiger partial charge in [-0.1, -0.05) is 35.3 Å². The first-order chi connectivity index (χ1) is 11.9. The Kier molecular flexibility index (Phi) is 5.62. The van der Waals surface area contributed by atoms with Gasteiger partial charge in [0, 0.05) is 17.6 Å². The van der Waals surface area contributed by atoms with Gasteiger partial charge in [-0.05, 0) is 55.7 Å². The molecule has 0 saturated heterocycles. The predicted octanol–water partition coefficient (Wildman–Crippen LogP) is 5.12. The van der Waals surface area contributed by atoms with E-state index in [0.717, 1.165) is 18.4 Å². The maximum absolute atomic E-state index is 13.1. The van der Waals surface area contributed by atoms with Gasteiger partial charge in [-0.15, -0.1) is 0 Å². The summed E-state index contributed by atoms with van der Waals surface area (Å²) < 4.78 is 13.1. The molecule has 3 nitrogen and oxygen atoms in total. The summed E-state index contributed by atoms with van der Waals surface area (Å²) in [6.45, 7) is 2.48. The molecule has 132 valence electrons. The van der Waals surface area contributed by atoms with Crippen molar-refractivity contribution in [3.63, 3.8) is 0 Å². The Morgan fingerprint density at radius 1 is 1.24 bits per heavy atom. The lowest BCUT2D eigenvalue weighted by atomic mass is 10.1. The zero-order valence-corrected chi connectivity index (χ0v) is 15.3. The van der Waals surface area contributed by atoms with Gasteiger partial charge in [0.1, 0.15) is 5.82 Å². The molecule has 1 atom stereocenters. The van der Waals surface area contributed by atoms with Gasteiger partial charge < -0.3 is 5.32 Å². The van der Waals surface area contributed by atoms with E-state index < -0.39 is 0 Å². The van der Waals surface area contributed by atoms with E-state index in [1.54, 1.807) is 30.3 Å². The molecule has 0 heterocycles. The topological polar surface area (TPSA) is 32.3 Å². The van der Waals surface area contributed by atoms with Gasteiger partial charge in [0.15, 0.2) is 0 Å². The zero-order valence-electron chi connectivity index (χ0n) is 13.8. The van der Waals surface area contributed by atoms with E-state index in [2.05, 4.69) is 10.2 Å². The molecule has 2 aromatic rings. The van der Waals surface area contributed by atoms with E-state index in [9.17, 15) is 9.18 Å². The van der Waals surface area contributed by atoms with Gasteiger partial charge in [0.25, 0.3) is 0 Å². The minimum atomic E-state index is -0.329. The number of rotatable bonds is 6. The second-order valence-corrected chi connectivity index (χ2v) is 7.16. The molecule has 25 heavy (non-hydrogen) atoms. The molecule has 1 amide bonds. The number of amides is 1. The van der Waals surface area contributed by atoms with Gasteiger partial charge in [0.2, 0.25) is 5.91 Å². The third kappa shape index (κ3) is 4.72. The van der Waals surface area contributed by atoms with Gasteiger partial charge in [-0.3, -0.25) is 9.69 Å². The summed E-state index contributed by atoms with van der Waals surface area (Å²) in [6, 6.07) is 11.4. The van der Waals surface area contributed by atoms with Crippen LogP contribution in [0, 0.1) is 5.82 Å². The molecule has 1 aliphatic rings. The number of benzene rings is 2. The molecule has 0 aromatic heterocycles. The van der Waals surface area contributed by atoms with Crippen molar-refractivity contribution in [1.29, 1.82) is 0 Å². The molecular formula is C19H19Cl2FN2O. The second kappa shape index (κ2) is 7.73.